The summed E-state index contributed by atoms with van der Waals surface area (Å²) in [5.41, 5.74) is 0. The molecule has 1 aliphatic heterocycles. The second-order valence-corrected chi connectivity index (χ2v) is 2.22. The maximum absolute atomic E-state index is 10.0. The van der Waals surface area contributed by atoms with Crippen LogP contribution in [-0.4, -0.2) is 56.1 Å². The Bertz CT molecular complexity index is 92.4. The van der Waals surface area contributed by atoms with Crippen LogP contribution >= 0.6 is 0 Å². The van der Waals surface area contributed by atoms with Gasteiger partial charge in [-0.1, -0.05) is 0 Å². The smallest absolute Gasteiger partial charge is 0.133 e. The van der Waals surface area contributed by atoms with Gasteiger partial charge < -0.3 is 15.2 Å². The summed E-state index contributed by atoms with van der Waals surface area (Å²) in [5, 5.41) is 10.2. The van der Waals surface area contributed by atoms with Gasteiger partial charge in [0.25, 0.3) is 0 Å². The molecule has 11 heavy (non-hydrogen) atoms. The molecule has 1 saturated heterocycles. The molecule has 0 bridgehead atoms. The van der Waals surface area contributed by atoms with Crippen molar-refractivity contribution < 1.29 is 9.90 Å². The van der Waals surface area contributed by atoms with Gasteiger partial charge in [-0.25, -0.2) is 0 Å². The van der Waals surface area contributed by atoms with Crippen LogP contribution in [0.3, 0.4) is 0 Å². The van der Waals surface area contributed by atoms with E-state index in [0.29, 0.717) is 6.54 Å². The first kappa shape index (κ1) is 10.6. The number of carbonyl (C=O) groups is 1. The van der Waals surface area contributed by atoms with E-state index < -0.39 is 0 Å². The molecule has 0 aliphatic carbocycles. The molecule has 4 heteroatoms. The monoisotopic (exact) mass is 160 g/mol. The minimum Gasteiger partial charge on any atom is -0.400 e. The zero-order valence-corrected chi connectivity index (χ0v) is 6.92. The second-order valence-electron chi connectivity index (χ2n) is 2.22. The first-order chi connectivity index (χ1) is 5.43. The van der Waals surface area contributed by atoms with E-state index in [9.17, 15) is 4.79 Å². The van der Waals surface area contributed by atoms with Crippen molar-refractivity contribution in [1.29, 1.82) is 0 Å². The van der Waals surface area contributed by atoms with Gasteiger partial charge in [0.05, 0.1) is 6.54 Å². The summed E-state index contributed by atoms with van der Waals surface area (Å²) < 4.78 is 0. The molecular formula is C7H16N2O2. The van der Waals surface area contributed by atoms with Crippen molar-refractivity contribution in [2.45, 2.75) is 0 Å². The fraction of sp³-hybridized carbons (Fsp3) is 0.857. The van der Waals surface area contributed by atoms with Crippen LogP contribution in [-0.2, 0) is 4.79 Å². The molecule has 4 nitrogen and oxygen atoms in total. The quantitative estimate of drug-likeness (QED) is 0.493. The molecule has 0 amide bonds. The van der Waals surface area contributed by atoms with E-state index in [0.717, 1.165) is 39.6 Å². The summed E-state index contributed by atoms with van der Waals surface area (Å²) in [6.45, 7) is 4.67. The van der Waals surface area contributed by atoms with E-state index in [1.165, 1.54) is 0 Å². The lowest BCUT2D eigenvalue weighted by molar-refractivity contribution is -0.109. The number of rotatable bonds is 2. The van der Waals surface area contributed by atoms with Crippen molar-refractivity contribution in [2.24, 2.45) is 0 Å². The van der Waals surface area contributed by atoms with E-state index in [-0.39, 0.29) is 0 Å². The Kier molecular flexibility index (Phi) is 7.34. The minimum atomic E-state index is 0.599. The van der Waals surface area contributed by atoms with Crippen LogP contribution in [0.1, 0.15) is 0 Å². The first-order valence-electron chi connectivity index (χ1n) is 3.75. The third-order valence-electron chi connectivity index (χ3n) is 1.54. The van der Waals surface area contributed by atoms with E-state index in [2.05, 4.69) is 10.2 Å². The van der Waals surface area contributed by atoms with Gasteiger partial charge in [0.15, 0.2) is 0 Å². The minimum absolute atomic E-state index is 0.599. The Morgan fingerprint density at radius 2 is 2.00 bits per heavy atom. The average molecular weight is 160 g/mol. The molecule has 1 rings (SSSR count). The van der Waals surface area contributed by atoms with Crippen molar-refractivity contribution in [3.8, 4) is 0 Å². The van der Waals surface area contributed by atoms with Gasteiger partial charge in [0.2, 0.25) is 0 Å². The molecule has 0 aromatic carbocycles. The summed E-state index contributed by atoms with van der Waals surface area (Å²) in [7, 11) is 1.00. The molecule has 0 aromatic heterocycles. The van der Waals surface area contributed by atoms with Gasteiger partial charge in [-0.3, -0.25) is 4.90 Å². The maximum Gasteiger partial charge on any atom is 0.133 e. The van der Waals surface area contributed by atoms with Crippen LogP contribution in [0.4, 0.5) is 0 Å². The molecule has 2 N–H and O–H groups in total. The lowest BCUT2D eigenvalue weighted by Gasteiger charge is -2.24. The Hall–Kier alpha value is -0.450. The molecule has 0 unspecified atom stereocenters. The number of aliphatic hydroxyl groups excluding tert-OH is 1. The summed E-state index contributed by atoms with van der Waals surface area (Å²) in [6.07, 6.45) is 0.964. The molecule has 66 valence electrons. The maximum atomic E-state index is 10.0. The highest BCUT2D eigenvalue weighted by Crippen LogP contribution is 1.87. The number of nitrogens with one attached hydrogen (secondary N) is 1. The molecule has 1 aliphatic rings. The SMILES string of the molecule is CO.O=CCN1CCNCC1. The fourth-order valence-electron chi connectivity index (χ4n) is 0.999. The van der Waals surface area contributed by atoms with Crippen molar-refractivity contribution in [3.05, 3.63) is 0 Å². The Morgan fingerprint density at radius 1 is 1.45 bits per heavy atom. The largest absolute Gasteiger partial charge is 0.400 e. The highest BCUT2D eigenvalue weighted by atomic mass is 16.2. The number of carbonyl (C=O) groups excluding carboxylic acids is 1. The lowest BCUT2D eigenvalue weighted by Crippen LogP contribution is -2.44. The third kappa shape index (κ3) is 4.89. The van der Waals surface area contributed by atoms with Gasteiger partial charge in [-0.05, 0) is 0 Å². The summed E-state index contributed by atoms with van der Waals surface area (Å²) in [5.74, 6) is 0. The van der Waals surface area contributed by atoms with Crippen LogP contribution in [0.2, 0.25) is 0 Å². The Balaban J connectivity index is 0.000000461. The van der Waals surface area contributed by atoms with Crippen LogP contribution in [0.25, 0.3) is 0 Å². The first-order valence-corrected chi connectivity index (χ1v) is 3.75. The van der Waals surface area contributed by atoms with Crippen molar-refractivity contribution in [2.75, 3.05) is 39.8 Å². The zero-order chi connectivity index (χ0) is 8.53. The highest BCUT2D eigenvalue weighted by molar-refractivity contribution is 5.51. The van der Waals surface area contributed by atoms with Gasteiger partial charge in [0.1, 0.15) is 6.29 Å². The van der Waals surface area contributed by atoms with Gasteiger partial charge in [0, 0.05) is 33.3 Å². The van der Waals surface area contributed by atoms with Crippen molar-refractivity contribution in [1.82, 2.24) is 10.2 Å². The highest BCUT2D eigenvalue weighted by Gasteiger charge is 2.06. The number of hydrogen-bond acceptors (Lipinski definition) is 4. The topological polar surface area (TPSA) is 52.6 Å². The summed E-state index contributed by atoms with van der Waals surface area (Å²) >= 11 is 0. The molecule has 0 aromatic rings. The molecular weight excluding hydrogens is 144 g/mol. The molecule has 1 fully saturated rings. The third-order valence-corrected chi connectivity index (χ3v) is 1.54. The van der Waals surface area contributed by atoms with E-state index >= 15 is 0 Å². The van der Waals surface area contributed by atoms with Crippen LogP contribution < -0.4 is 5.32 Å². The Labute approximate surface area is 67.2 Å². The number of piperazine rings is 1. The summed E-state index contributed by atoms with van der Waals surface area (Å²) in [6, 6.07) is 0. The zero-order valence-electron chi connectivity index (χ0n) is 6.92. The predicted octanol–water partition coefficient (Wildman–Crippen LogP) is -1.30. The number of hydrogen-bond donors (Lipinski definition) is 2. The molecule has 0 spiro atoms. The molecule has 0 atom stereocenters. The average Bonchev–Trinajstić information content (AvgIpc) is 2.11. The standard InChI is InChI=1S/C6H12N2O.CH4O/c9-6-5-8-3-1-7-2-4-8;1-2/h6-7H,1-5H2;2H,1H3. The van der Waals surface area contributed by atoms with Crippen LogP contribution in [0, 0.1) is 0 Å². The Morgan fingerprint density at radius 3 is 2.45 bits per heavy atom. The normalized spacial score (nSPS) is 18.4. The number of aldehydes is 1. The van der Waals surface area contributed by atoms with Gasteiger partial charge >= 0.3 is 0 Å². The lowest BCUT2D eigenvalue weighted by atomic mass is 10.4. The molecule has 0 saturated carbocycles. The summed E-state index contributed by atoms with van der Waals surface area (Å²) in [4.78, 5) is 12.2. The van der Waals surface area contributed by atoms with Gasteiger partial charge in [-0.15, -0.1) is 0 Å². The number of nitrogens with zero attached hydrogens (tertiary/aromatic N) is 1. The fourth-order valence-corrected chi connectivity index (χ4v) is 0.999. The predicted molar refractivity (Wildman–Crippen MR) is 43.5 cm³/mol. The van der Waals surface area contributed by atoms with Gasteiger partial charge in [-0.2, -0.15) is 0 Å². The second kappa shape index (κ2) is 7.65. The molecule has 0 radical (unpaired) electrons. The van der Waals surface area contributed by atoms with Crippen LogP contribution in [0.5, 0.6) is 0 Å². The van der Waals surface area contributed by atoms with E-state index in [4.69, 9.17) is 5.11 Å². The number of aliphatic hydroxyl groups is 1. The van der Waals surface area contributed by atoms with E-state index in [1.54, 1.807) is 0 Å². The van der Waals surface area contributed by atoms with E-state index in [1.807, 2.05) is 0 Å². The van der Waals surface area contributed by atoms with Crippen molar-refractivity contribution in [3.63, 3.8) is 0 Å². The molecule has 1 heterocycles. The van der Waals surface area contributed by atoms with Crippen molar-refractivity contribution >= 4 is 6.29 Å². The van der Waals surface area contributed by atoms with Crippen LogP contribution in [0.15, 0.2) is 0 Å².